The molecule has 2 nitrogen and oxygen atoms in total. The zero-order chi connectivity index (χ0) is 15.5. The predicted molar refractivity (Wildman–Crippen MR) is 73.4 cm³/mol. The number of hydrogen-bond donors (Lipinski definition) is 1. The van der Waals surface area contributed by atoms with E-state index in [1.165, 1.54) is 12.1 Å². The van der Waals surface area contributed by atoms with E-state index in [0.29, 0.717) is 10.8 Å². The summed E-state index contributed by atoms with van der Waals surface area (Å²) in [5.74, 6) is 0.438. The van der Waals surface area contributed by atoms with Crippen molar-refractivity contribution in [2.75, 3.05) is 6.61 Å². The molecule has 21 heavy (non-hydrogen) atoms. The van der Waals surface area contributed by atoms with Gasteiger partial charge in [0.1, 0.15) is 18.5 Å². The van der Waals surface area contributed by atoms with E-state index >= 15 is 0 Å². The first kappa shape index (κ1) is 15.7. The molecule has 2 aromatic carbocycles. The second-order valence-electron chi connectivity index (χ2n) is 4.41. The topological polar surface area (TPSA) is 29.5 Å². The summed E-state index contributed by atoms with van der Waals surface area (Å²) < 4.78 is 43.1. The molecule has 6 heteroatoms. The number of aliphatic hydroxyl groups excluding tert-OH is 1. The second kappa shape index (κ2) is 6.37. The lowest BCUT2D eigenvalue weighted by molar-refractivity contribution is -0.137. The molecule has 0 aliphatic rings. The summed E-state index contributed by atoms with van der Waals surface area (Å²) in [4.78, 5) is 0. The fraction of sp³-hybridized carbons (Fsp3) is 0.200. The Kier molecular flexibility index (Phi) is 4.75. The Labute approximate surface area is 124 Å². The standard InChI is InChI=1S/C15H12ClF3O2/c16-12-5-2-6-13(8-12)21-9-14(20)10-3-1-4-11(7-10)15(17,18)19/h1-8,14,20H,9H2. The molecule has 1 unspecified atom stereocenters. The van der Waals surface area contributed by atoms with Crippen LogP contribution in [0, 0.1) is 0 Å². The minimum atomic E-state index is -4.44. The summed E-state index contributed by atoms with van der Waals surface area (Å²) in [6.45, 7) is -0.165. The molecule has 2 rings (SSSR count). The molecule has 0 aliphatic carbocycles. The van der Waals surface area contributed by atoms with Crippen molar-refractivity contribution in [1.82, 2.24) is 0 Å². The average Bonchev–Trinajstić information content (AvgIpc) is 2.44. The highest BCUT2D eigenvalue weighted by atomic mass is 35.5. The summed E-state index contributed by atoms with van der Waals surface area (Å²) in [7, 11) is 0. The van der Waals surface area contributed by atoms with Crippen molar-refractivity contribution >= 4 is 11.6 Å². The lowest BCUT2D eigenvalue weighted by Crippen LogP contribution is -2.12. The Morgan fingerprint density at radius 3 is 2.48 bits per heavy atom. The largest absolute Gasteiger partial charge is 0.490 e. The van der Waals surface area contributed by atoms with Crippen molar-refractivity contribution in [3.63, 3.8) is 0 Å². The smallest absolute Gasteiger partial charge is 0.416 e. The first-order valence-corrected chi connectivity index (χ1v) is 6.47. The van der Waals surface area contributed by atoms with E-state index in [1.54, 1.807) is 24.3 Å². The normalized spacial score (nSPS) is 13.0. The van der Waals surface area contributed by atoms with Crippen LogP contribution in [0.15, 0.2) is 48.5 Å². The maximum atomic E-state index is 12.6. The summed E-state index contributed by atoms with van der Waals surface area (Å²) in [6.07, 6.45) is -5.60. The molecule has 1 N–H and O–H groups in total. The summed E-state index contributed by atoms with van der Waals surface area (Å²) in [5.41, 5.74) is -0.659. The van der Waals surface area contributed by atoms with Crippen molar-refractivity contribution < 1.29 is 23.0 Å². The fourth-order valence-corrected chi connectivity index (χ4v) is 1.93. The number of ether oxygens (including phenoxy) is 1. The van der Waals surface area contributed by atoms with Gasteiger partial charge in [-0.05, 0) is 35.9 Å². The average molecular weight is 317 g/mol. The van der Waals surface area contributed by atoms with Gasteiger partial charge in [-0.1, -0.05) is 29.8 Å². The third kappa shape index (κ3) is 4.37. The van der Waals surface area contributed by atoms with E-state index in [-0.39, 0.29) is 12.2 Å². The monoisotopic (exact) mass is 316 g/mol. The Hall–Kier alpha value is -1.72. The Morgan fingerprint density at radius 2 is 1.81 bits per heavy atom. The van der Waals surface area contributed by atoms with Gasteiger partial charge < -0.3 is 9.84 Å². The molecular formula is C15H12ClF3O2. The van der Waals surface area contributed by atoms with E-state index in [0.717, 1.165) is 12.1 Å². The lowest BCUT2D eigenvalue weighted by atomic mass is 10.1. The molecule has 2 aromatic rings. The molecule has 0 saturated heterocycles. The van der Waals surface area contributed by atoms with Crippen LogP contribution >= 0.6 is 11.6 Å². The van der Waals surface area contributed by atoms with E-state index < -0.39 is 17.8 Å². The molecule has 0 aliphatic heterocycles. The van der Waals surface area contributed by atoms with Gasteiger partial charge in [-0.15, -0.1) is 0 Å². The SMILES string of the molecule is OC(COc1cccc(Cl)c1)c1cccc(C(F)(F)F)c1. The molecule has 112 valence electrons. The molecule has 0 bridgehead atoms. The van der Waals surface area contributed by atoms with E-state index in [2.05, 4.69) is 0 Å². The highest BCUT2D eigenvalue weighted by molar-refractivity contribution is 6.30. The number of aliphatic hydroxyl groups is 1. The highest BCUT2D eigenvalue weighted by Crippen LogP contribution is 2.31. The van der Waals surface area contributed by atoms with Crippen LogP contribution in [0.3, 0.4) is 0 Å². The van der Waals surface area contributed by atoms with Crippen LogP contribution in [0.25, 0.3) is 0 Å². The number of halogens is 4. The van der Waals surface area contributed by atoms with Crippen LogP contribution in [-0.2, 0) is 6.18 Å². The Bertz CT molecular complexity index is 614. The van der Waals surface area contributed by atoms with E-state index in [1.807, 2.05) is 0 Å². The number of hydrogen-bond acceptors (Lipinski definition) is 2. The van der Waals surface area contributed by atoms with Gasteiger partial charge in [0.05, 0.1) is 5.56 Å². The summed E-state index contributed by atoms with van der Waals surface area (Å²) >= 11 is 5.78. The lowest BCUT2D eigenvalue weighted by Gasteiger charge is -2.14. The van der Waals surface area contributed by atoms with Crippen LogP contribution in [-0.4, -0.2) is 11.7 Å². The highest BCUT2D eigenvalue weighted by Gasteiger charge is 2.30. The molecule has 0 heterocycles. The van der Waals surface area contributed by atoms with Crippen LogP contribution in [0.2, 0.25) is 5.02 Å². The first-order chi connectivity index (χ1) is 9.86. The van der Waals surface area contributed by atoms with Gasteiger partial charge in [0.15, 0.2) is 0 Å². The van der Waals surface area contributed by atoms with Gasteiger partial charge in [-0.2, -0.15) is 13.2 Å². The predicted octanol–water partition coefficient (Wildman–Crippen LogP) is 4.47. The van der Waals surface area contributed by atoms with Crippen LogP contribution in [0.4, 0.5) is 13.2 Å². The van der Waals surface area contributed by atoms with Crippen LogP contribution < -0.4 is 4.74 Å². The molecule has 0 spiro atoms. The van der Waals surface area contributed by atoms with Gasteiger partial charge >= 0.3 is 6.18 Å². The van der Waals surface area contributed by atoms with Gasteiger partial charge in [-0.25, -0.2) is 0 Å². The van der Waals surface area contributed by atoms with E-state index in [4.69, 9.17) is 16.3 Å². The van der Waals surface area contributed by atoms with Crippen LogP contribution in [0.1, 0.15) is 17.2 Å². The van der Waals surface area contributed by atoms with Gasteiger partial charge in [0, 0.05) is 5.02 Å². The van der Waals surface area contributed by atoms with Gasteiger partial charge in [-0.3, -0.25) is 0 Å². The molecule has 0 amide bonds. The quantitative estimate of drug-likeness (QED) is 0.901. The zero-order valence-electron chi connectivity index (χ0n) is 10.8. The fourth-order valence-electron chi connectivity index (χ4n) is 1.75. The molecule has 1 atom stereocenters. The Morgan fingerprint density at radius 1 is 1.10 bits per heavy atom. The van der Waals surface area contributed by atoms with Crippen molar-refractivity contribution in [2.24, 2.45) is 0 Å². The van der Waals surface area contributed by atoms with Gasteiger partial charge in [0.2, 0.25) is 0 Å². The molecular weight excluding hydrogens is 305 g/mol. The molecule has 0 radical (unpaired) electrons. The van der Waals surface area contributed by atoms with Crippen molar-refractivity contribution in [3.8, 4) is 5.75 Å². The minimum absolute atomic E-state index is 0.145. The van der Waals surface area contributed by atoms with Crippen molar-refractivity contribution in [1.29, 1.82) is 0 Å². The third-order valence-corrected chi connectivity index (χ3v) is 3.04. The summed E-state index contributed by atoms with van der Waals surface area (Å²) in [6, 6.07) is 11.1. The minimum Gasteiger partial charge on any atom is -0.490 e. The number of benzene rings is 2. The maximum Gasteiger partial charge on any atom is 0.416 e. The molecule has 0 fully saturated rings. The number of rotatable bonds is 4. The van der Waals surface area contributed by atoms with E-state index in [9.17, 15) is 18.3 Å². The summed E-state index contributed by atoms with van der Waals surface area (Å²) in [5, 5.41) is 10.4. The second-order valence-corrected chi connectivity index (χ2v) is 4.84. The molecule has 0 saturated carbocycles. The first-order valence-electron chi connectivity index (χ1n) is 6.10. The van der Waals surface area contributed by atoms with Crippen molar-refractivity contribution in [2.45, 2.75) is 12.3 Å². The maximum absolute atomic E-state index is 12.6. The van der Waals surface area contributed by atoms with Crippen molar-refractivity contribution in [3.05, 3.63) is 64.7 Å². The third-order valence-electron chi connectivity index (χ3n) is 2.80. The van der Waals surface area contributed by atoms with Crippen LogP contribution in [0.5, 0.6) is 5.75 Å². The number of alkyl halides is 3. The molecule has 0 aromatic heterocycles. The zero-order valence-corrected chi connectivity index (χ0v) is 11.5. The van der Waals surface area contributed by atoms with Gasteiger partial charge in [0.25, 0.3) is 0 Å². The Balaban J connectivity index is 2.05.